The van der Waals surface area contributed by atoms with Crippen molar-refractivity contribution in [3.05, 3.63) is 0 Å². The van der Waals surface area contributed by atoms with Crippen LogP contribution >= 0.6 is 0 Å². The van der Waals surface area contributed by atoms with E-state index >= 15 is 0 Å². The van der Waals surface area contributed by atoms with Crippen molar-refractivity contribution in [2.75, 3.05) is 13.2 Å². The fourth-order valence-corrected chi connectivity index (χ4v) is 2.21. The number of carbonyl (C=O) groups excluding carboxylic acids is 1. The summed E-state index contributed by atoms with van der Waals surface area (Å²) in [4.78, 5) is 23.1. The normalized spacial score (nSPS) is 23.2. The molecule has 0 bridgehead atoms. The van der Waals surface area contributed by atoms with Crippen molar-refractivity contribution in [2.45, 2.75) is 71.4 Å². The van der Waals surface area contributed by atoms with Crippen molar-refractivity contribution in [1.82, 2.24) is 10.6 Å². The van der Waals surface area contributed by atoms with Gasteiger partial charge in [0.15, 0.2) is 0 Å². The van der Waals surface area contributed by atoms with Crippen molar-refractivity contribution < 1.29 is 24.2 Å². The van der Waals surface area contributed by atoms with E-state index in [0.717, 1.165) is 0 Å². The molecule has 1 fully saturated rings. The van der Waals surface area contributed by atoms with Crippen LogP contribution in [0, 0.1) is 5.92 Å². The molecule has 0 spiro atoms. The molecule has 0 aromatic heterocycles. The number of carboxylic acids is 1. The van der Waals surface area contributed by atoms with Gasteiger partial charge in [-0.15, -0.1) is 0 Å². The van der Waals surface area contributed by atoms with Gasteiger partial charge in [0.25, 0.3) is 5.91 Å². The molecule has 2 unspecified atom stereocenters. The highest BCUT2D eigenvalue weighted by atomic mass is 16.8. The number of nitrogens with one attached hydrogen (secondary N) is 2. The topological polar surface area (TPSA) is 100 Å². The van der Waals surface area contributed by atoms with E-state index in [-0.39, 0.29) is 23.8 Å². The summed E-state index contributed by atoms with van der Waals surface area (Å²) in [6.07, 6.45) is 1.54. The quantitative estimate of drug-likeness (QED) is 0.319. The highest BCUT2D eigenvalue weighted by Crippen LogP contribution is 2.30. The van der Waals surface area contributed by atoms with Crippen LogP contribution in [0.25, 0.3) is 0 Å². The lowest BCUT2D eigenvalue weighted by atomic mass is 9.99. The molecule has 1 heterocycles. The molecule has 134 valence electrons. The third kappa shape index (κ3) is 7.28. The molecule has 3 N–H and O–H groups in total. The molecule has 7 nitrogen and oxygen atoms in total. The number of rotatable bonds is 10. The number of carbonyl (C=O) groups is 2. The van der Waals surface area contributed by atoms with Crippen LogP contribution in [0.3, 0.4) is 0 Å². The average Bonchev–Trinajstić information content (AvgIpc) is 3.17. The van der Waals surface area contributed by atoms with E-state index in [2.05, 4.69) is 10.6 Å². The SMILES string of the molecule is CCC(C)[C@H](NC(=O)CCCNC1(OC(C)(C)C)CO1)C(=O)O. The van der Waals surface area contributed by atoms with Gasteiger partial charge in [-0.25, -0.2) is 4.79 Å². The molecule has 23 heavy (non-hydrogen) atoms. The minimum Gasteiger partial charge on any atom is -0.480 e. The van der Waals surface area contributed by atoms with Crippen LogP contribution in [0.15, 0.2) is 0 Å². The highest BCUT2D eigenvalue weighted by Gasteiger charge is 2.48. The maximum atomic E-state index is 11.9. The number of ether oxygens (including phenoxy) is 2. The second kappa shape index (κ2) is 8.08. The Balaban J connectivity index is 2.28. The Labute approximate surface area is 138 Å². The third-order valence-electron chi connectivity index (χ3n) is 3.65. The Kier molecular flexibility index (Phi) is 6.98. The van der Waals surface area contributed by atoms with Crippen molar-refractivity contribution in [2.24, 2.45) is 5.92 Å². The summed E-state index contributed by atoms with van der Waals surface area (Å²) >= 11 is 0. The lowest BCUT2D eigenvalue weighted by Crippen LogP contribution is -2.45. The van der Waals surface area contributed by atoms with Crippen LogP contribution in [0.4, 0.5) is 0 Å². The Morgan fingerprint density at radius 3 is 2.43 bits per heavy atom. The summed E-state index contributed by atoms with van der Waals surface area (Å²) in [6.45, 7) is 10.6. The van der Waals surface area contributed by atoms with Crippen LogP contribution in [0.1, 0.15) is 53.9 Å². The number of aliphatic carboxylic acids is 1. The number of hydrogen-bond acceptors (Lipinski definition) is 5. The van der Waals surface area contributed by atoms with Crippen LogP contribution < -0.4 is 10.6 Å². The average molecular weight is 330 g/mol. The Morgan fingerprint density at radius 1 is 1.39 bits per heavy atom. The smallest absolute Gasteiger partial charge is 0.326 e. The molecular formula is C16H30N2O5. The van der Waals surface area contributed by atoms with E-state index in [1.807, 2.05) is 34.6 Å². The number of hydrogen-bond donors (Lipinski definition) is 3. The third-order valence-corrected chi connectivity index (χ3v) is 3.65. The molecule has 1 saturated heterocycles. The maximum Gasteiger partial charge on any atom is 0.326 e. The molecule has 0 aromatic rings. The Hall–Kier alpha value is -1.18. The molecule has 3 atom stereocenters. The summed E-state index contributed by atoms with van der Waals surface area (Å²) in [7, 11) is 0. The van der Waals surface area contributed by atoms with Crippen molar-refractivity contribution >= 4 is 11.9 Å². The molecule has 0 radical (unpaired) electrons. The molecule has 0 aromatic carbocycles. The van der Waals surface area contributed by atoms with E-state index in [1.165, 1.54) is 0 Å². The van der Waals surface area contributed by atoms with E-state index in [1.54, 1.807) is 0 Å². The zero-order chi connectivity index (χ0) is 17.7. The second-order valence-electron chi connectivity index (χ2n) is 7.06. The fraction of sp³-hybridized carbons (Fsp3) is 0.875. The summed E-state index contributed by atoms with van der Waals surface area (Å²) in [5.41, 5.74) is -0.314. The monoisotopic (exact) mass is 330 g/mol. The maximum absolute atomic E-state index is 11.9. The Morgan fingerprint density at radius 2 is 2.00 bits per heavy atom. The van der Waals surface area contributed by atoms with Gasteiger partial charge >= 0.3 is 5.97 Å². The molecular weight excluding hydrogens is 300 g/mol. The lowest BCUT2D eigenvalue weighted by molar-refractivity contribution is -0.144. The van der Waals surface area contributed by atoms with Crippen LogP contribution in [0.2, 0.25) is 0 Å². The fourth-order valence-electron chi connectivity index (χ4n) is 2.21. The van der Waals surface area contributed by atoms with E-state index in [9.17, 15) is 9.59 Å². The van der Waals surface area contributed by atoms with Crippen LogP contribution in [-0.4, -0.2) is 47.7 Å². The predicted molar refractivity (Wildman–Crippen MR) is 85.8 cm³/mol. The first kappa shape index (κ1) is 19.9. The van der Waals surface area contributed by atoms with Gasteiger partial charge < -0.3 is 19.9 Å². The number of amides is 1. The van der Waals surface area contributed by atoms with Gasteiger partial charge in [0, 0.05) is 13.0 Å². The zero-order valence-electron chi connectivity index (χ0n) is 14.8. The zero-order valence-corrected chi connectivity index (χ0v) is 14.8. The predicted octanol–water partition coefficient (Wildman–Crippen LogP) is 1.47. The molecule has 0 aliphatic carbocycles. The van der Waals surface area contributed by atoms with Crippen molar-refractivity contribution in [3.63, 3.8) is 0 Å². The number of epoxide rings is 1. The van der Waals surface area contributed by atoms with Crippen molar-refractivity contribution in [1.29, 1.82) is 0 Å². The first-order valence-corrected chi connectivity index (χ1v) is 8.20. The van der Waals surface area contributed by atoms with Gasteiger partial charge in [0.2, 0.25) is 5.91 Å². The summed E-state index contributed by atoms with van der Waals surface area (Å²) in [6, 6.07) is -0.831. The van der Waals surface area contributed by atoms with Crippen LogP contribution in [-0.2, 0) is 19.1 Å². The van der Waals surface area contributed by atoms with Gasteiger partial charge in [-0.2, -0.15) is 0 Å². The van der Waals surface area contributed by atoms with Crippen molar-refractivity contribution in [3.8, 4) is 0 Å². The summed E-state index contributed by atoms with van der Waals surface area (Å²) in [5, 5.41) is 14.9. The Bertz CT molecular complexity index is 415. The molecule has 0 saturated carbocycles. The molecule has 7 heteroatoms. The summed E-state index contributed by atoms with van der Waals surface area (Å²) < 4.78 is 11.1. The van der Waals surface area contributed by atoms with Gasteiger partial charge in [-0.1, -0.05) is 20.3 Å². The number of carboxylic acid groups (broad SMARTS) is 1. The molecule has 1 aliphatic heterocycles. The largest absolute Gasteiger partial charge is 0.480 e. The molecule has 1 amide bonds. The summed E-state index contributed by atoms with van der Waals surface area (Å²) in [5.74, 6) is -2.07. The second-order valence-corrected chi connectivity index (χ2v) is 7.06. The molecule has 1 rings (SSSR count). The van der Waals surface area contributed by atoms with Crippen LogP contribution in [0.5, 0.6) is 0 Å². The van der Waals surface area contributed by atoms with Gasteiger partial charge in [0.1, 0.15) is 12.6 Å². The first-order chi connectivity index (χ1) is 10.6. The van der Waals surface area contributed by atoms with E-state index in [4.69, 9.17) is 14.6 Å². The van der Waals surface area contributed by atoms with Gasteiger partial charge in [-0.05, 0) is 33.1 Å². The highest BCUT2D eigenvalue weighted by molar-refractivity contribution is 5.83. The lowest BCUT2D eigenvalue weighted by Gasteiger charge is -2.25. The minimum atomic E-state index is -0.991. The standard InChI is InChI=1S/C16H30N2O5/c1-6-11(2)13(14(20)21)18-12(19)8-7-9-17-16(10-22-16)23-15(3,4)5/h11,13,17H,6-10H2,1-5H3,(H,18,19)(H,20,21)/t11?,13-,16?/m0/s1. The van der Waals surface area contributed by atoms with Gasteiger partial charge in [0.05, 0.1) is 5.60 Å². The van der Waals surface area contributed by atoms with E-state index < -0.39 is 17.9 Å². The van der Waals surface area contributed by atoms with E-state index in [0.29, 0.717) is 26.0 Å². The minimum absolute atomic E-state index is 0.0992. The van der Waals surface area contributed by atoms with Gasteiger partial charge in [-0.3, -0.25) is 10.1 Å². The molecule has 1 aliphatic rings. The first-order valence-electron chi connectivity index (χ1n) is 8.20.